The van der Waals surface area contributed by atoms with E-state index in [0.29, 0.717) is 19.6 Å². The number of rotatable bonds is 4. The minimum atomic E-state index is -3.87. The zero-order chi connectivity index (χ0) is 18.0. The first-order valence-electron chi connectivity index (χ1n) is 7.92. The number of ether oxygens (including phenoxy) is 1. The molecule has 1 saturated heterocycles. The van der Waals surface area contributed by atoms with Crippen molar-refractivity contribution in [2.45, 2.75) is 17.9 Å². The van der Waals surface area contributed by atoms with Gasteiger partial charge in [-0.05, 0) is 30.7 Å². The van der Waals surface area contributed by atoms with Gasteiger partial charge in [-0.25, -0.2) is 12.8 Å². The van der Waals surface area contributed by atoms with Gasteiger partial charge in [0.15, 0.2) is 11.6 Å². The van der Waals surface area contributed by atoms with Crippen LogP contribution in [0.1, 0.15) is 17.2 Å². The van der Waals surface area contributed by atoms with Crippen LogP contribution in [0.3, 0.4) is 0 Å². The molecule has 8 heteroatoms. The standard InChI is InChI=1S/C17H20FN3O3S/c1-12-16(6-5-15(24-2)17(12)18)25(22,23)21-9-8-20-11-14(21)13-4-3-7-19-10-13/h3-7,10,14,20H,8-9,11H2,1-2H3. The second-order valence-corrected chi connectivity index (χ2v) is 7.69. The molecular weight excluding hydrogens is 345 g/mol. The summed E-state index contributed by atoms with van der Waals surface area (Å²) < 4.78 is 47.1. The zero-order valence-corrected chi connectivity index (χ0v) is 14.9. The van der Waals surface area contributed by atoms with Crippen molar-refractivity contribution < 1.29 is 17.5 Å². The third-order valence-corrected chi connectivity index (χ3v) is 6.42. The van der Waals surface area contributed by atoms with Crippen LogP contribution in [0.5, 0.6) is 5.75 Å². The van der Waals surface area contributed by atoms with Gasteiger partial charge in [-0.1, -0.05) is 6.07 Å². The fourth-order valence-corrected chi connectivity index (χ4v) is 4.87. The van der Waals surface area contributed by atoms with Gasteiger partial charge in [-0.3, -0.25) is 4.98 Å². The fraction of sp³-hybridized carbons (Fsp3) is 0.353. The molecule has 1 fully saturated rings. The first-order chi connectivity index (χ1) is 12.0. The molecule has 0 aliphatic carbocycles. The molecule has 0 spiro atoms. The molecule has 1 aliphatic heterocycles. The average molecular weight is 365 g/mol. The van der Waals surface area contributed by atoms with Crippen LogP contribution >= 0.6 is 0 Å². The molecule has 0 saturated carbocycles. The number of halogens is 1. The molecule has 0 bridgehead atoms. The van der Waals surface area contributed by atoms with Crippen LogP contribution in [0, 0.1) is 12.7 Å². The zero-order valence-electron chi connectivity index (χ0n) is 14.1. The van der Waals surface area contributed by atoms with Gasteiger partial charge in [0.05, 0.1) is 18.0 Å². The number of pyridine rings is 1. The number of piperazine rings is 1. The van der Waals surface area contributed by atoms with Crippen molar-refractivity contribution in [2.75, 3.05) is 26.7 Å². The van der Waals surface area contributed by atoms with Crippen molar-refractivity contribution in [2.24, 2.45) is 0 Å². The number of nitrogens with one attached hydrogen (secondary N) is 1. The van der Waals surface area contributed by atoms with E-state index in [-0.39, 0.29) is 16.2 Å². The number of methoxy groups -OCH3 is 1. The van der Waals surface area contributed by atoms with E-state index in [1.54, 1.807) is 18.5 Å². The highest BCUT2D eigenvalue weighted by atomic mass is 32.2. The maximum Gasteiger partial charge on any atom is 0.244 e. The summed E-state index contributed by atoms with van der Waals surface area (Å²) in [5, 5.41) is 3.20. The minimum absolute atomic E-state index is 0.0283. The van der Waals surface area contributed by atoms with E-state index in [0.717, 1.165) is 5.56 Å². The van der Waals surface area contributed by atoms with Crippen molar-refractivity contribution in [3.05, 3.63) is 53.6 Å². The van der Waals surface area contributed by atoms with Gasteiger partial charge in [0, 0.05) is 37.6 Å². The summed E-state index contributed by atoms with van der Waals surface area (Å²) in [6, 6.07) is 5.96. The van der Waals surface area contributed by atoms with Gasteiger partial charge in [-0.2, -0.15) is 4.31 Å². The van der Waals surface area contributed by atoms with Gasteiger partial charge < -0.3 is 10.1 Å². The number of sulfonamides is 1. The van der Waals surface area contributed by atoms with E-state index in [9.17, 15) is 12.8 Å². The number of nitrogens with zero attached hydrogens (tertiary/aromatic N) is 2. The number of benzene rings is 1. The van der Waals surface area contributed by atoms with Gasteiger partial charge >= 0.3 is 0 Å². The first-order valence-corrected chi connectivity index (χ1v) is 9.36. The van der Waals surface area contributed by atoms with Crippen LogP contribution in [-0.4, -0.2) is 44.5 Å². The van der Waals surface area contributed by atoms with Gasteiger partial charge in [0.2, 0.25) is 10.0 Å². The third-order valence-electron chi connectivity index (χ3n) is 4.37. The van der Waals surface area contributed by atoms with E-state index in [2.05, 4.69) is 10.3 Å². The van der Waals surface area contributed by atoms with Crippen LogP contribution in [0.2, 0.25) is 0 Å². The Labute approximate surface area is 146 Å². The molecule has 25 heavy (non-hydrogen) atoms. The minimum Gasteiger partial charge on any atom is -0.494 e. The van der Waals surface area contributed by atoms with E-state index in [1.165, 1.54) is 30.5 Å². The lowest BCUT2D eigenvalue weighted by Crippen LogP contribution is -2.48. The van der Waals surface area contributed by atoms with Crippen LogP contribution in [-0.2, 0) is 10.0 Å². The Balaban J connectivity index is 2.05. The van der Waals surface area contributed by atoms with Gasteiger partial charge in [0.1, 0.15) is 0 Å². The smallest absolute Gasteiger partial charge is 0.244 e. The lowest BCUT2D eigenvalue weighted by Gasteiger charge is -2.35. The molecular formula is C17H20FN3O3S. The molecule has 134 valence electrons. The molecule has 1 atom stereocenters. The Morgan fingerprint density at radius 2 is 2.16 bits per heavy atom. The normalized spacial score (nSPS) is 18.9. The predicted octanol–water partition coefficient (Wildman–Crippen LogP) is 1.87. The van der Waals surface area contributed by atoms with Crippen LogP contribution in [0.25, 0.3) is 0 Å². The summed E-state index contributed by atoms with van der Waals surface area (Å²) >= 11 is 0. The Morgan fingerprint density at radius 3 is 2.84 bits per heavy atom. The second kappa shape index (κ2) is 7.07. The molecule has 1 unspecified atom stereocenters. The topological polar surface area (TPSA) is 71.5 Å². The molecule has 2 heterocycles. The maximum absolute atomic E-state index is 14.3. The lowest BCUT2D eigenvalue weighted by atomic mass is 10.1. The van der Waals surface area contributed by atoms with Crippen molar-refractivity contribution in [1.29, 1.82) is 0 Å². The first kappa shape index (κ1) is 17.8. The number of aromatic nitrogens is 1. The largest absolute Gasteiger partial charge is 0.494 e. The summed E-state index contributed by atoms with van der Waals surface area (Å²) in [7, 11) is -2.52. The highest BCUT2D eigenvalue weighted by molar-refractivity contribution is 7.89. The Bertz CT molecular complexity index is 859. The van der Waals surface area contributed by atoms with E-state index in [1.807, 2.05) is 6.07 Å². The van der Waals surface area contributed by atoms with E-state index in [4.69, 9.17) is 4.74 Å². The quantitative estimate of drug-likeness (QED) is 0.896. The van der Waals surface area contributed by atoms with E-state index < -0.39 is 21.9 Å². The molecule has 1 aliphatic rings. The molecule has 0 amide bonds. The summed E-state index contributed by atoms with van der Waals surface area (Å²) in [6.07, 6.45) is 3.29. The predicted molar refractivity (Wildman–Crippen MR) is 91.4 cm³/mol. The summed E-state index contributed by atoms with van der Waals surface area (Å²) in [6.45, 7) is 2.76. The molecule has 1 aromatic carbocycles. The SMILES string of the molecule is COc1ccc(S(=O)(=O)N2CCNCC2c2cccnc2)c(C)c1F. The number of hydrogen-bond donors (Lipinski definition) is 1. The van der Waals surface area contributed by atoms with Gasteiger partial charge in [0.25, 0.3) is 0 Å². The van der Waals surface area contributed by atoms with Crippen molar-refractivity contribution >= 4 is 10.0 Å². The average Bonchev–Trinajstić information content (AvgIpc) is 2.64. The Kier molecular flexibility index (Phi) is 5.03. The highest BCUT2D eigenvalue weighted by Crippen LogP contribution is 2.32. The molecule has 1 aromatic heterocycles. The lowest BCUT2D eigenvalue weighted by molar-refractivity contribution is 0.271. The van der Waals surface area contributed by atoms with E-state index >= 15 is 0 Å². The fourth-order valence-electron chi connectivity index (χ4n) is 3.04. The van der Waals surface area contributed by atoms with Gasteiger partial charge in [-0.15, -0.1) is 0 Å². The second-order valence-electron chi connectivity index (χ2n) is 5.83. The Morgan fingerprint density at radius 1 is 1.36 bits per heavy atom. The molecule has 1 N–H and O–H groups in total. The summed E-state index contributed by atoms with van der Waals surface area (Å²) in [4.78, 5) is 4.04. The molecule has 6 nitrogen and oxygen atoms in total. The van der Waals surface area contributed by atoms with Crippen molar-refractivity contribution in [3.8, 4) is 5.75 Å². The monoisotopic (exact) mass is 365 g/mol. The number of hydrogen-bond acceptors (Lipinski definition) is 5. The summed E-state index contributed by atoms with van der Waals surface area (Å²) in [5.74, 6) is -0.628. The maximum atomic E-state index is 14.3. The van der Waals surface area contributed by atoms with Crippen LogP contribution < -0.4 is 10.1 Å². The van der Waals surface area contributed by atoms with Crippen molar-refractivity contribution in [1.82, 2.24) is 14.6 Å². The highest BCUT2D eigenvalue weighted by Gasteiger charge is 2.36. The Hall–Kier alpha value is -2.03. The van der Waals surface area contributed by atoms with Crippen LogP contribution in [0.15, 0.2) is 41.6 Å². The third kappa shape index (κ3) is 3.24. The van der Waals surface area contributed by atoms with Crippen LogP contribution in [0.4, 0.5) is 4.39 Å². The molecule has 3 rings (SSSR count). The van der Waals surface area contributed by atoms with Crippen molar-refractivity contribution in [3.63, 3.8) is 0 Å². The summed E-state index contributed by atoms with van der Waals surface area (Å²) in [5.41, 5.74) is 0.854. The molecule has 2 aromatic rings. The molecule has 0 radical (unpaired) electrons.